The molecule has 2 rings (SSSR count). The van der Waals surface area contributed by atoms with Crippen LogP contribution >= 0.6 is 0 Å². The number of alkyl halides is 2. The highest BCUT2D eigenvalue weighted by Gasteiger charge is 2.53. The van der Waals surface area contributed by atoms with E-state index in [1.807, 2.05) is 0 Å². The van der Waals surface area contributed by atoms with Crippen molar-refractivity contribution in [3.63, 3.8) is 0 Å². The molecule has 0 radical (unpaired) electrons. The van der Waals surface area contributed by atoms with Gasteiger partial charge in [0.2, 0.25) is 0 Å². The van der Waals surface area contributed by atoms with Crippen molar-refractivity contribution in [3.8, 4) is 0 Å². The zero-order valence-electron chi connectivity index (χ0n) is 7.75. The van der Waals surface area contributed by atoms with Gasteiger partial charge in [-0.05, 0) is 12.3 Å². The molecule has 1 saturated carbocycles. The molecule has 2 fully saturated rings. The van der Waals surface area contributed by atoms with Gasteiger partial charge in [0.1, 0.15) is 0 Å². The van der Waals surface area contributed by atoms with E-state index in [0.29, 0.717) is 13.0 Å². The Labute approximate surface area is 80.7 Å². The highest BCUT2D eigenvalue weighted by molar-refractivity contribution is 5.69. The topological polar surface area (TPSA) is 40.5 Å². The number of rotatable bonds is 2. The Bertz CT molecular complexity index is 257. The first-order chi connectivity index (χ1) is 6.49. The van der Waals surface area contributed by atoms with Crippen molar-refractivity contribution in [2.75, 3.05) is 19.6 Å². The predicted octanol–water partition coefficient (Wildman–Crippen LogP) is 1.05. The molecule has 1 N–H and O–H groups in total. The number of hydrogen-bond acceptors (Lipinski definition) is 2. The lowest BCUT2D eigenvalue weighted by atomic mass is 9.99. The summed E-state index contributed by atoms with van der Waals surface area (Å²) in [7, 11) is 0. The van der Waals surface area contributed by atoms with E-state index in [4.69, 9.17) is 5.11 Å². The molecule has 1 heterocycles. The Balaban J connectivity index is 1.98. The smallest absolute Gasteiger partial charge is 0.317 e. The lowest BCUT2D eigenvalue weighted by molar-refractivity contribution is -0.138. The van der Waals surface area contributed by atoms with Gasteiger partial charge in [0.15, 0.2) is 0 Å². The van der Waals surface area contributed by atoms with Crippen LogP contribution in [-0.2, 0) is 4.79 Å². The molecule has 1 saturated heterocycles. The van der Waals surface area contributed by atoms with Crippen LogP contribution in [0.25, 0.3) is 0 Å². The van der Waals surface area contributed by atoms with Crippen LogP contribution in [0.1, 0.15) is 12.8 Å². The third-order valence-corrected chi connectivity index (χ3v) is 3.27. The van der Waals surface area contributed by atoms with E-state index >= 15 is 0 Å². The van der Waals surface area contributed by atoms with Crippen molar-refractivity contribution in [2.45, 2.75) is 18.8 Å². The molecule has 2 aliphatic rings. The van der Waals surface area contributed by atoms with Crippen LogP contribution in [0, 0.1) is 11.8 Å². The molecule has 0 amide bonds. The molecule has 1 aliphatic heterocycles. The molecule has 5 heteroatoms. The molecule has 0 spiro atoms. The quantitative estimate of drug-likeness (QED) is 0.732. The van der Waals surface area contributed by atoms with Crippen molar-refractivity contribution in [2.24, 2.45) is 11.8 Å². The number of fused-ring (bicyclic) bond motifs is 1. The van der Waals surface area contributed by atoms with Gasteiger partial charge in [-0.15, -0.1) is 0 Å². The van der Waals surface area contributed by atoms with Crippen LogP contribution in [0.4, 0.5) is 8.78 Å². The number of carboxylic acids is 1. The zero-order valence-corrected chi connectivity index (χ0v) is 7.75. The summed E-state index contributed by atoms with van der Waals surface area (Å²) in [5, 5.41) is 8.54. The third kappa shape index (κ3) is 1.61. The number of carbonyl (C=O) groups is 1. The normalized spacial score (nSPS) is 35.9. The first-order valence-corrected chi connectivity index (χ1v) is 4.81. The lowest BCUT2D eigenvalue weighted by Crippen LogP contribution is -2.32. The van der Waals surface area contributed by atoms with Crippen molar-refractivity contribution in [1.82, 2.24) is 4.90 Å². The van der Waals surface area contributed by atoms with E-state index in [0.717, 1.165) is 0 Å². The van der Waals surface area contributed by atoms with Gasteiger partial charge in [-0.1, -0.05) is 0 Å². The maximum Gasteiger partial charge on any atom is 0.317 e. The predicted molar refractivity (Wildman–Crippen MR) is 45.2 cm³/mol. The second-order valence-electron chi connectivity index (χ2n) is 4.25. The standard InChI is InChI=1S/C9H13F2NO2/c10-9(11)2-1-6-3-12(4-7(6)9)5-8(13)14/h6-7H,1-5H2,(H,13,14)/t6-,7+/m0/s1. The monoisotopic (exact) mass is 205 g/mol. The summed E-state index contributed by atoms with van der Waals surface area (Å²) in [6, 6.07) is 0. The molecule has 2 atom stereocenters. The second-order valence-corrected chi connectivity index (χ2v) is 4.25. The summed E-state index contributed by atoms with van der Waals surface area (Å²) in [5.74, 6) is -4.11. The fourth-order valence-electron chi connectivity index (χ4n) is 2.62. The van der Waals surface area contributed by atoms with Crippen molar-refractivity contribution < 1.29 is 18.7 Å². The van der Waals surface area contributed by atoms with Crippen molar-refractivity contribution >= 4 is 5.97 Å². The van der Waals surface area contributed by atoms with Crippen LogP contribution in [-0.4, -0.2) is 41.5 Å². The number of hydrogen-bond donors (Lipinski definition) is 1. The van der Waals surface area contributed by atoms with E-state index in [1.165, 1.54) is 0 Å². The second kappa shape index (κ2) is 3.15. The molecule has 1 aliphatic carbocycles. The van der Waals surface area contributed by atoms with Crippen LogP contribution in [0.5, 0.6) is 0 Å². The highest BCUT2D eigenvalue weighted by atomic mass is 19.3. The maximum absolute atomic E-state index is 13.2. The fraction of sp³-hybridized carbons (Fsp3) is 0.889. The summed E-state index contributed by atoms with van der Waals surface area (Å²) < 4.78 is 26.5. The first kappa shape index (κ1) is 9.83. The van der Waals surface area contributed by atoms with Gasteiger partial charge in [-0.3, -0.25) is 9.69 Å². The fourth-order valence-corrected chi connectivity index (χ4v) is 2.62. The minimum absolute atomic E-state index is 0.00403. The minimum Gasteiger partial charge on any atom is -0.480 e. The lowest BCUT2D eigenvalue weighted by Gasteiger charge is -2.18. The van der Waals surface area contributed by atoms with Gasteiger partial charge in [0.05, 0.1) is 6.54 Å². The molecule has 0 unspecified atom stereocenters. The third-order valence-electron chi connectivity index (χ3n) is 3.27. The molecular weight excluding hydrogens is 192 g/mol. The largest absolute Gasteiger partial charge is 0.480 e. The van der Waals surface area contributed by atoms with Gasteiger partial charge in [0.25, 0.3) is 5.92 Å². The van der Waals surface area contributed by atoms with Crippen LogP contribution in [0.3, 0.4) is 0 Å². The Morgan fingerprint density at radius 3 is 2.79 bits per heavy atom. The summed E-state index contributed by atoms with van der Waals surface area (Å²) in [6.07, 6.45) is 0.511. The summed E-state index contributed by atoms with van der Waals surface area (Å²) in [5.41, 5.74) is 0. The molecular formula is C9H13F2NO2. The summed E-state index contributed by atoms with van der Waals surface area (Å²) in [6.45, 7) is 0.652. The van der Waals surface area contributed by atoms with Gasteiger partial charge >= 0.3 is 5.97 Å². The van der Waals surface area contributed by atoms with Crippen molar-refractivity contribution in [1.29, 1.82) is 0 Å². The first-order valence-electron chi connectivity index (χ1n) is 4.81. The Hall–Kier alpha value is -0.710. The number of carboxylic acid groups (broad SMARTS) is 1. The number of nitrogens with zero attached hydrogens (tertiary/aromatic N) is 1. The summed E-state index contributed by atoms with van der Waals surface area (Å²) in [4.78, 5) is 12.0. The Kier molecular flexibility index (Phi) is 2.21. The van der Waals surface area contributed by atoms with Crippen LogP contribution < -0.4 is 0 Å². The molecule has 3 nitrogen and oxygen atoms in total. The Morgan fingerprint density at radius 2 is 2.21 bits per heavy atom. The van der Waals surface area contributed by atoms with E-state index in [-0.39, 0.29) is 25.4 Å². The van der Waals surface area contributed by atoms with Gasteiger partial charge in [-0.25, -0.2) is 8.78 Å². The molecule has 0 aromatic rings. The zero-order chi connectivity index (χ0) is 10.3. The average molecular weight is 205 g/mol. The van der Waals surface area contributed by atoms with E-state index in [9.17, 15) is 13.6 Å². The van der Waals surface area contributed by atoms with E-state index in [2.05, 4.69) is 0 Å². The van der Waals surface area contributed by atoms with Crippen LogP contribution in [0.15, 0.2) is 0 Å². The van der Waals surface area contributed by atoms with Gasteiger partial charge in [-0.2, -0.15) is 0 Å². The van der Waals surface area contributed by atoms with Crippen molar-refractivity contribution in [3.05, 3.63) is 0 Å². The Morgan fingerprint density at radius 1 is 1.50 bits per heavy atom. The summed E-state index contributed by atoms with van der Waals surface area (Å²) >= 11 is 0. The van der Waals surface area contributed by atoms with E-state index in [1.54, 1.807) is 4.90 Å². The molecule has 0 aromatic heterocycles. The van der Waals surface area contributed by atoms with Gasteiger partial charge in [0, 0.05) is 25.4 Å². The molecule has 14 heavy (non-hydrogen) atoms. The number of aliphatic carboxylic acids is 1. The number of likely N-dealkylation sites (tertiary alicyclic amines) is 1. The minimum atomic E-state index is -2.57. The number of halogens is 2. The maximum atomic E-state index is 13.2. The molecule has 0 aromatic carbocycles. The highest BCUT2D eigenvalue weighted by Crippen LogP contribution is 2.47. The molecule has 80 valence electrons. The average Bonchev–Trinajstić information content (AvgIpc) is 2.53. The molecule has 0 bridgehead atoms. The van der Waals surface area contributed by atoms with E-state index < -0.39 is 17.8 Å². The van der Waals surface area contributed by atoms with Gasteiger partial charge < -0.3 is 5.11 Å². The SMILES string of the molecule is O=C(O)CN1C[C@@H]2CCC(F)(F)[C@@H]2C1. The van der Waals surface area contributed by atoms with Crippen LogP contribution in [0.2, 0.25) is 0 Å².